The fourth-order valence-corrected chi connectivity index (χ4v) is 5.74. The number of rotatable bonds is 1. The molecule has 1 aromatic rings. The highest BCUT2D eigenvalue weighted by molar-refractivity contribution is 5.88. The number of ether oxygens (including phenoxy) is 2. The Morgan fingerprint density at radius 2 is 1.52 bits per heavy atom. The molecule has 1 spiro atoms. The van der Waals surface area contributed by atoms with Gasteiger partial charge in [-0.2, -0.15) is 15.8 Å². The van der Waals surface area contributed by atoms with Gasteiger partial charge in [-0.15, -0.1) is 0 Å². The van der Waals surface area contributed by atoms with Crippen LogP contribution < -0.4 is 0 Å². The van der Waals surface area contributed by atoms with Gasteiger partial charge in [0.25, 0.3) is 0 Å². The summed E-state index contributed by atoms with van der Waals surface area (Å²) in [6.45, 7) is 0. The molecule has 0 aromatic carbocycles. The quantitative estimate of drug-likeness (QED) is 0.690. The van der Waals surface area contributed by atoms with E-state index in [9.17, 15) is 15.8 Å². The molecule has 4 heterocycles. The summed E-state index contributed by atoms with van der Waals surface area (Å²) >= 11 is 0. The second-order valence-electron chi connectivity index (χ2n) is 8.89. The maximum absolute atomic E-state index is 10.4. The minimum absolute atomic E-state index is 0.325. The number of nitrogens with zero attached hydrogens (tertiary/aromatic N) is 4. The minimum Gasteiger partial charge on any atom is -0.447 e. The molecule has 7 nitrogen and oxygen atoms in total. The van der Waals surface area contributed by atoms with Crippen LogP contribution in [-0.4, -0.2) is 16.7 Å². The number of fused-ring (bicyclic) bond motifs is 2. The molecular weight excluding hydrogens is 390 g/mol. The van der Waals surface area contributed by atoms with E-state index < -0.39 is 28.6 Å². The van der Waals surface area contributed by atoms with Crippen LogP contribution in [0, 0.1) is 56.2 Å². The van der Waals surface area contributed by atoms with E-state index in [1.54, 1.807) is 24.5 Å². The van der Waals surface area contributed by atoms with Crippen LogP contribution in [0.3, 0.4) is 0 Å². The average molecular weight is 418 g/mol. The van der Waals surface area contributed by atoms with Crippen LogP contribution in [0.15, 0.2) is 24.5 Å². The van der Waals surface area contributed by atoms with Crippen molar-refractivity contribution in [1.29, 1.82) is 21.2 Å². The van der Waals surface area contributed by atoms with Gasteiger partial charge in [-0.1, -0.05) is 44.9 Å². The molecule has 1 saturated carbocycles. The Bertz CT molecular complexity index is 945. The first kappa shape index (κ1) is 21.3. The molecule has 1 aliphatic carbocycles. The third-order valence-corrected chi connectivity index (χ3v) is 7.33. The predicted octanol–water partition coefficient (Wildman–Crippen LogP) is 4.93. The Morgan fingerprint density at radius 1 is 0.903 bits per heavy atom. The molecule has 1 aromatic heterocycles. The van der Waals surface area contributed by atoms with Crippen LogP contribution in [0.5, 0.6) is 0 Å². The minimum atomic E-state index is -1.83. The lowest BCUT2D eigenvalue weighted by Gasteiger charge is -2.62. The van der Waals surface area contributed by atoms with E-state index in [0.29, 0.717) is 18.4 Å². The van der Waals surface area contributed by atoms with E-state index in [1.165, 1.54) is 12.8 Å². The lowest BCUT2D eigenvalue weighted by Crippen LogP contribution is -2.72. The van der Waals surface area contributed by atoms with Gasteiger partial charge in [0.15, 0.2) is 10.8 Å². The van der Waals surface area contributed by atoms with E-state index in [4.69, 9.17) is 14.9 Å². The molecule has 31 heavy (non-hydrogen) atoms. The van der Waals surface area contributed by atoms with Gasteiger partial charge in [-0.05, 0) is 30.5 Å². The molecule has 0 radical (unpaired) electrons. The molecule has 0 amide bonds. The SMILES string of the molecule is N#CC1(C#N)[C@@H]2CCCCCCCCCC[C@@]23OC(=N)[C@@]1(C#N)[C@H](c1ccncc1)O3. The topological polar surface area (TPSA) is 127 Å². The molecule has 4 fully saturated rings. The summed E-state index contributed by atoms with van der Waals surface area (Å²) in [5, 5.41) is 40.0. The zero-order valence-electron chi connectivity index (χ0n) is 17.6. The Hall–Kier alpha value is -2.95. The lowest BCUT2D eigenvalue weighted by atomic mass is 9.49. The maximum Gasteiger partial charge on any atom is 0.218 e. The van der Waals surface area contributed by atoms with Crippen LogP contribution in [0.1, 0.15) is 75.9 Å². The second kappa shape index (κ2) is 8.29. The molecule has 7 heteroatoms. The van der Waals surface area contributed by atoms with Gasteiger partial charge in [-0.3, -0.25) is 10.4 Å². The van der Waals surface area contributed by atoms with Gasteiger partial charge in [0.1, 0.15) is 6.10 Å². The number of aromatic nitrogens is 1. The van der Waals surface area contributed by atoms with Crippen molar-refractivity contribution in [3.8, 4) is 18.2 Å². The van der Waals surface area contributed by atoms with Crippen LogP contribution in [0.2, 0.25) is 0 Å². The first-order valence-electron chi connectivity index (χ1n) is 11.2. The third-order valence-electron chi connectivity index (χ3n) is 7.33. The fraction of sp³-hybridized carbons (Fsp3) is 0.625. The molecule has 160 valence electrons. The van der Waals surface area contributed by atoms with Gasteiger partial charge in [0.2, 0.25) is 11.7 Å². The largest absolute Gasteiger partial charge is 0.447 e. The van der Waals surface area contributed by atoms with Crippen LogP contribution in [0.4, 0.5) is 0 Å². The summed E-state index contributed by atoms with van der Waals surface area (Å²) in [5.41, 5.74) is -2.93. The monoisotopic (exact) mass is 417 g/mol. The predicted molar refractivity (Wildman–Crippen MR) is 111 cm³/mol. The highest BCUT2D eigenvalue weighted by Gasteiger charge is 2.79. The molecule has 4 aliphatic rings. The highest BCUT2D eigenvalue weighted by atomic mass is 16.7. The normalized spacial score (nSPS) is 35.1. The standard InChI is InChI=1S/C24H27N5O2/c25-15-22(16-26)19-9-7-5-3-1-2-4-6-8-12-24(19)30-20(18-10-13-29-14-11-18)23(22,17-27)21(28)31-24/h10-11,13-14,19-20,28H,1-9,12H2/t19-,20-,23+,24+/m0/s1. The molecule has 1 N–H and O–H groups in total. The summed E-state index contributed by atoms with van der Waals surface area (Å²) in [4.78, 5) is 4.04. The van der Waals surface area contributed by atoms with E-state index in [-0.39, 0.29) is 5.90 Å². The third kappa shape index (κ3) is 3.01. The Labute approximate surface area is 183 Å². The summed E-state index contributed by atoms with van der Waals surface area (Å²) in [6.07, 6.45) is 11.6. The van der Waals surface area contributed by atoms with E-state index in [1.807, 2.05) is 0 Å². The van der Waals surface area contributed by atoms with E-state index in [0.717, 1.165) is 38.5 Å². The van der Waals surface area contributed by atoms with Crippen molar-refractivity contribution in [3.05, 3.63) is 30.1 Å². The number of hydrogen-bond acceptors (Lipinski definition) is 7. The summed E-state index contributed by atoms with van der Waals surface area (Å²) in [5.74, 6) is -2.18. The maximum atomic E-state index is 10.4. The molecule has 3 saturated heterocycles. The number of nitriles is 3. The highest BCUT2D eigenvalue weighted by Crippen LogP contribution is 2.68. The van der Waals surface area contributed by atoms with Crippen molar-refractivity contribution in [3.63, 3.8) is 0 Å². The number of hydrogen-bond donors (Lipinski definition) is 1. The smallest absolute Gasteiger partial charge is 0.218 e. The summed E-state index contributed by atoms with van der Waals surface area (Å²) < 4.78 is 12.7. The Morgan fingerprint density at radius 3 is 2.13 bits per heavy atom. The van der Waals surface area contributed by atoms with Crippen molar-refractivity contribution in [2.75, 3.05) is 0 Å². The van der Waals surface area contributed by atoms with Crippen LogP contribution in [-0.2, 0) is 9.47 Å². The lowest BCUT2D eigenvalue weighted by molar-refractivity contribution is -0.355. The summed E-state index contributed by atoms with van der Waals surface area (Å²) in [7, 11) is 0. The fourth-order valence-electron chi connectivity index (χ4n) is 5.74. The summed E-state index contributed by atoms with van der Waals surface area (Å²) in [6, 6.07) is 10.1. The average Bonchev–Trinajstić information content (AvgIpc) is 2.80. The van der Waals surface area contributed by atoms with Gasteiger partial charge in [0, 0.05) is 18.8 Å². The van der Waals surface area contributed by atoms with Gasteiger partial charge >= 0.3 is 0 Å². The first-order chi connectivity index (χ1) is 15.1. The van der Waals surface area contributed by atoms with E-state index >= 15 is 0 Å². The van der Waals surface area contributed by atoms with Gasteiger partial charge in [-0.25, -0.2) is 0 Å². The molecule has 3 aliphatic heterocycles. The Balaban J connectivity index is 1.89. The van der Waals surface area contributed by atoms with Crippen molar-refractivity contribution in [2.45, 2.75) is 76.1 Å². The van der Waals surface area contributed by atoms with Crippen LogP contribution in [0.25, 0.3) is 0 Å². The molecule has 4 atom stereocenters. The Kier molecular flexibility index (Phi) is 5.69. The zero-order chi connectivity index (χ0) is 22.0. The van der Waals surface area contributed by atoms with E-state index in [2.05, 4.69) is 23.2 Å². The van der Waals surface area contributed by atoms with Crippen molar-refractivity contribution >= 4 is 5.90 Å². The zero-order valence-corrected chi connectivity index (χ0v) is 17.6. The molecule has 2 bridgehead atoms. The van der Waals surface area contributed by atoms with Crippen molar-refractivity contribution in [2.24, 2.45) is 16.7 Å². The first-order valence-corrected chi connectivity index (χ1v) is 11.2. The number of pyridine rings is 1. The molecule has 5 rings (SSSR count). The number of nitrogens with one attached hydrogen (secondary N) is 1. The van der Waals surface area contributed by atoms with Crippen LogP contribution >= 0.6 is 0 Å². The van der Waals surface area contributed by atoms with Gasteiger partial charge < -0.3 is 9.47 Å². The second-order valence-corrected chi connectivity index (χ2v) is 8.89. The van der Waals surface area contributed by atoms with Gasteiger partial charge in [0.05, 0.1) is 24.1 Å². The van der Waals surface area contributed by atoms with Crippen molar-refractivity contribution in [1.82, 2.24) is 4.98 Å². The van der Waals surface area contributed by atoms with Crippen molar-refractivity contribution < 1.29 is 9.47 Å². The molecular formula is C24H27N5O2. The molecule has 0 unspecified atom stereocenters.